The largest absolute Gasteiger partial charge is 0.450 e. The highest BCUT2D eigenvalue weighted by atomic mass is 35.5. The number of ether oxygens (including phenoxy) is 1. The van der Waals surface area contributed by atoms with Crippen molar-refractivity contribution in [2.45, 2.75) is 38.7 Å². The number of anilines is 1. The molecule has 1 aliphatic heterocycles. The molecule has 4 aromatic rings. The van der Waals surface area contributed by atoms with Crippen LogP contribution in [0.25, 0.3) is 22.2 Å². The molecule has 0 bridgehead atoms. The van der Waals surface area contributed by atoms with Crippen molar-refractivity contribution in [3.8, 4) is 11.3 Å². The van der Waals surface area contributed by atoms with E-state index in [1.54, 1.807) is 72.8 Å². The maximum atomic E-state index is 13.7. The molecule has 2 aliphatic rings. The molecule has 3 aromatic carbocycles. The molecule has 45 heavy (non-hydrogen) atoms. The van der Waals surface area contributed by atoms with E-state index in [-0.39, 0.29) is 41.5 Å². The number of benzene rings is 3. The van der Waals surface area contributed by atoms with Crippen LogP contribution in [0.1, 0.15) is 53.3 Å². The summed E-state index contributed by atoms with van der Waals surface area (Å²) in [6.45, 7) is 2.12. The average molecular weight is 664 g/mol. The number of ketones is 1. The van der Waals surface area contributed by atoms with Crippen molar-refractivity contribution in [3.05, 3.63) is 94.0 Å². The van der Waals surface area contributed by atoms with Crippen LogP contribution in [-0.4, -0.2) is 40.5 Å². The number of carbonyl (C=O) groups is 4. The molecule has 1 saturated heterocycles. The van der Waals surface area contributed by atoms with Crippen LogP contribution in [0.5, 0.6) is 0 Å². The third kappa shape index (κ3) is 6.22. The zero-order chi connectivity index (χ0) is 31.8. The Bertz CT molecular complexity index is 1810. The Morgan fingerprint density at radius 1 is 0.911 bits per heavy atom. The van der Waals surface area contributed by atoms with E-state index < -0.39 is 17.9 Å². The molecule has 2 heterocycles. The number of Topliss-reactive ketones (excluding diaryl/α,β-unsaturated/α-hetero) is 1. The zero-order valence-corrected chi connectivity index (χ0v) is 26.6. The number of imide groups is 1. The smallest absolute Gasteiger partial charge is 0.339 e. The van der Waals surface area contributed by atoms with E-state index in [2.05, 4.69) is 6.92 Å². The van der Waals surface area contributed by atoms with Crippen molar-refractivity contribution < 1.29 is 23.9 Å². The summed E-state index contributed by atoms with van der Waals surface area (Å²) >= 11 is 18.2. The number of fused-ring (bicyclic) bond motifs is 2. The Balaban J connectivity index is 1.31. The van der Waals surface area contributed by atoms with E-state index in [0.717, 1.165) is 19.3 Å². The fraction of sp³-hybridized carbons (Fsp3) is 0.286. The molecule has 0 radical (unpaired) electrons. The van der Waals surface area contributed by atoms with Crippen molar-refractivity contribution in [3.63, 3.8) is 0 Å². The van der Waals surface area contributed by atoms with Crippen LogP contribution in [-0.2, 0) is 14.3 Å². The number of pyridine rings is 1. The third-order valence-electron chi connectivity index (χ3n) is 8.64. The highest BCUT2D eigenvalue weighted by Crippen LogP contribution is 2.42. The Hall–Kier alpha value is -3.78. The van der Waals surface area contributed by atoms with E-state index in [1.807, 2.05) is 0 Å². The maximum absolute atomic E-state index is 13.7. The number of esters is 1. The summed E-state index contributed by atoms with van der Waals surface area (Å²) < 4.78 is 5.77. The van der Waals surface area contributed by atoms with Gasteiger partial charge < -0.3 is 4.74 Å². The molecule has 4 atom stereocenters. The van der Waals surface area contributed by atoms with E-state index in [0.29, 0.717) is 49.4 Å². The SMILES string of the molecule is CC1CCC2C(=O)N(c3ccc(-c4cc(C(=O)OC(CCCl)C(=O)c5ccc(Cl)cc5)c5cc(Cl)ccc5n4)cc3)C(=O)C2C1. The third-order valence-corrected chi connectivity index (χ3v) is 9.35. The normalized spacial score (nSPS) is 20.3. The molecule has 6 rings (SSSR count). The first-order chi connectivity index (χ1) is 21.6. The first-order valence-electron chi connectivity index (χ1n) is 14.8. The summed E-state index contributed by atoms with van der Waals surface area (Å²) in [6, 6.07) is 19.9. The predicted molar refractivity (Wildman–Crippen MR) is 175 cm³/mol. The minimum absolute atomic E-state index is 0.0976. The summed E-state index contributed by atoms with van der Waals surface area (Å²) in [5, 5.41) is 1.34. The molecule has 1 aliphatic carbocycles. The van der Waals surface area contributed by atoms with Crippen LogP contribution >= 0.6 is 34.8 Å². The fourth-order valence-corrected chi connectivity index (χ4v) is 6.77. The molecule has 4 unspecified atom stereocenters. The monoisotopic (exact) mass is 662 g/mol. The van der Waals surface area contributed by atoms with Gasteiger partial charge in [0.1, 0.15) is 0 Å². The fourth-order valence-electron chi connectivity index (χ4n) is 6.28. The minimum atomic E-state index is -1.12. The van der Waals surface area contributed by atoms with Gasteiger partial charge >= 0.3 is 5.97 Å². The summed E-state index contributed by atoms with van der Waals surface area (Å²) in [5.74, 6) is -1.42. The van der Waals surface area contributed by atoms with Crippen molar-refractivity contribution in [1.29, 1.82) is 0 Å². The van der Waals surface area contributed by atoms with Gasteiger partial charge in [0.2, 0.25) is 17.6 Å². The number of nitrogens with zero attached hydrogens (tertiary/aromatic N) is 2. The molecule has 230 valence electrons. The van der Waals surface area contributed by atoms with Crippen molar-refractivity contribution >= 4 is 75.0 Å². The van der Waals surface area contributed by atoms with Gasteiger partial charge in [0.15, 0.2) is 6.10 Å². The lowest BCUT2D eigenvalue weighted by Crippen LogP contribution is -2.30. The molecular weight excluding hydrogens is 635 g/mol. The van der Waals surface area contributed by atoms with Gasteiger partial charge in [-0.05, 0) is 85.8 Å². The topological polar surface area (TPSA) is 93.6 Å². The van der Waals surface area contributed by atoms with Crippen LogP contribution in [0.2, 0.25) is 10.0 Å². The van der Waals surface area contributed by atoms with Crippen LogP contribution in [0.15, 0.2) is 72.8 Å². The van der Waals surface area contributed by atoms with Gasteiger partial charge in [-0.25, -0.2) is 9.78 Å². The lowest BCUT2D eigenvalue weighted by Gasteiger charge is -2.25. The van der Waals surface area contributed by atoms with Gasteiger partial charge in [-0.3, -0.25) is 19.3 Å². The Labute approximate surface area is 275 Å². The molecule has 1 aromatic heterocycles. The van der Waals surface area contributed by atoms with Crippen molar-refractivity contribution in [1.82, 2.24) is 4.98 Å². The molecule has 0 spiro atoms. The van der Waals surface area contributed by atoms with Crippen LogP contribution in [0.3, 0.4) is 0 Å². The van der Waals surface area contributed by atoms with Gasteiger partial charge in [-0.2, -0.15) is 0 Å². The van der Waals surface area contributed by atoms with E-state index in [1.165, 1.54) is 4.90 Å². The number of alkyl halides is 1. The van der Waals surface area contributed by atoms with Crippen molar-refractivity contribution in [2.75, 3.05) is 10.8 Å². The first-order valence-corrected chi connectivity index (χ1v) is 16.1. The van der Waals surface area contributed by atoms with Gasteiger partial charge in [0.25, 0.3) is 0 Å². The molecule has 1 saturated carbocycles. The Morgan fingerprint density at radius 3 is 2.31 bits per heavy atom. The van der Waals surface area contributed by atoms with Crippen LogP contribution in [0, 0.1) is 17.8 Å². The number of hydrogen-bond acceptors (Lipinski definition) is 6. The van der Waals surface area contributed by atoms with Gasteiger partial charge in [0, 0.05) is 38.9 Å². The maximum Gasteiger partial charge on any atom is 0.339 e. The number of halogens is 3. The minimum Gasteiger partial charge on any atom is -0.450 e. The number of aromatic nitrogens is 1. The van der Waals surface area contributed by atoms with E-state index in [9.17, 15) is 19.2 Å². The average Bonchev–Trinajstić information content (AvgIpc) is 3.28. The quantitative estimate of drug-likeness (QED) is 0.0817. The van der Waals surface area contributed by atoms with Gasteiger partial charge in [0.05, 0.1) is 34.3 Å². The molecule has 2 fully saturated rings. The van der Waals surface area contributed by atoms with E-state index >= 15 is 0 Å². The lowest BCUT2D eigenvalue weighted by molar-refractivity contribution is -0.122. The lowest BCUT2D eigenvalue weighted by atomic mass is 9.76. The second-order valence-electron chi connectivity index (χ2n) is 11.6. The number of hydrogen-bond donors (Lipinski definition) is 0. The highest BCUT2D eigenvalue weighted by molar-refractivity contribution is 6.31. The highest BCUT2D eigenvalue weighted by Gasteiger charge is 2.50. The van der Waals surface area contributed by atoms with Gasteiger partial charge in [-0.15, -0.1) is 11.6 Å². The van der Waals surface area contributed by atoms with Gasteiger partial charge in [-0.1, -0.05) is 42.3 Å². The Morgan fingerprint density at radius 2 is 1.60 bits per heavy atom. The second kappa shape index (κ2) is 12.9. The van der Waals surface area contributed by atoms with Crippen LogP contribution in [0.4, 0.5) is 5.69 Å². The summed E-state index contributed by atoms with van der Waals surface area (Å²) in [7, 11) is 0. The number of carbonyl (C=O) groups excluding carboxylic acids is 4. The number of rotatable bonds is 8. The van der Waals surface area contributed by atoms with Crippen LogP contribution < -0.4 is 4.90 Å². The molecular formula is C35H29Cl3N2O5. The summed E-state index contributed by atoms with van der Waals surface area (Å²) in [5.41, 5.74) is 2.64. The molecule has 2 amide bonds. The Kier molecular flexibility index (Phi) is 8.96. The zero-order valence-electron chi connectivity index (χ0n) is 24.3. The predicted octanol–water partition coefficient (Wildman–Crippen LogP) is 8.17. The summed E-state index contributed by atoms with van der Waals surface area (Å²) in [4.78, 5) is 59.4. The standard InChI is InChI=1S/C35H29Cl3N2O5/c1-19-2-12-25-27(16-19)34(43)40(33(25)42)24-10-5-20(6-11-24)30-18-28(26-17-23(38)9-13-29(26)39-30)35(44)45-31(14-15-36)32(41)21-3-7-22(37)8-4-21/h3-11,13,17-19,25,27,31H,2,12,14-16H2,1H3. The summed E-state index contributed by atoms with van der Waals surface area (Å²) in [6.07, 6.45) is 1.39. The second-order valence-corrected chi connectivity index (χ2v) is 12.9. The molecule has 0 N–H and O–H groups in total. The first kappa shape index (κ1) is 31.2. The molecule has 10 heteroatoms. The number of amides is 2. The van der Waals surface area contributed by atoms with Crippen molar-refractivity contribution in [2.24, 2.45) is 17.8 Å². The molecule has 7 nitrogen and oxygen atoms in total. The van der Waals surface area contributed by atoms with E-state index in [4.69, 9.17) is 44.5 Å².